The summed E-state index contributed by atoms with van der Waals surface area (Å²) in [5.74, 6) is 2.24. The summed E-state index contributed by atoms with van der Waals surface area (Å²) in [5, 5.41) is 7.65. The van der Waals surface area contributed by atoms with Crippen LogP contribution in [0.5, 0.6) is 0 Å². The highest BCUT2D eigenvalue weighted by Gasteiger charge is 2.64. The highest BCUT2D eigenvalue weighted by Crippen LogP contribution is 2.68. The van der Waals surface area contributed by atoms with Gasteiger partial charge in [0.05, 0.1) is 5.52 Å². The molecule has 0 radical (unpaired) electrons. The Hall–Kier alpha value is -1.84. The first kappa shape index (κ1) is 14.1. The summed E-state index contributed by atoms with van der Waals surface area (Å²) in [6, 6.07) is 8.13. The van der Waals surface area contributed by atoms with E-state index in [9.17, 15) is 0 Å². The fraction of sp³-hybridized carbons (Fsp3) is 0.529. The van der Waals surface area contributed by atoms with Crippen molar-refractivity contribution in [2.24, 2.45) is 16.7 Å². The molecule has 3 rings (SSSR count). The van der Waals surface area contributed by atoms with Gasteiger partial charge in [0.25, 0.3) is 0 Å². The number of nitrogens with one attached hydrogen (secondary N) is 2. The molecule has 4 heteroatoms. The minimum Gasteiger partial charge on any atom is -0.369 e. The number of hydrogen-bond donors (Lipinski definition) is 2. The van der Waals surface area contributed by atoms with E-state index in [1.807, 2.05) is 25.2 Å². The summed E-state index contributed by atoms with van der Waals surface area (Å²) < 4.78 is 0. The van der Waals surface area contributed by atoms with E-state index < -0.39 is 0 Å². The van der Waals surface area contributed by atoms with Crippen LogP contribution in [0.15, 0.2) is 24.3 Å². The van der Waals surface area contributed by atoms with Gasteiger partial charge in [0.2, 0.25) is 5.95 Å². The van der Waals surface area contributed by atoms with Crippen molar-refractivity contribution >= 4 is 22.7 Å². The Labute approximate surface area is 126 Å². The Morgan fingerprint density at radius 3 is 2.33 bits per heavy atom. The van der Waals surface area contributed by atoms with E-state index in [0.717, 1.165) is 23.3 Å². The van der Waals surface area contributed by atoms with Crippen LogP contribution in [0.25, 0.3) is 10.9 Å². The molecule has 2 aromatic rings. The molecule has 0 amide bonds. The summed E-state index contributed by atoms with van der Waals surface area (Å²) in [4.78, 5) is 9.07. The Balaban J connectivity index is 1.87. The first-order valence-electron chi connectivity index (χ1n) is 7.56. The molecule has 1 aromatic heterocycles. The molecule has 0 unspecified atom stereocenters. The summed E-state index contributed by atoms with van der Waals surface area (Å²) in [6.07, 6.45) is 0. The molecule has 4 nitrogen and oxygen atoms in total. The number of anilines is 2. The van der Waals surface area contributed by atoms with Crippen molar-refractivity contribution in [3.63, 3.8) is 0 Å². The van der Waals surface area contributed by atoms with Gasteiger partial charge in [-0.15, -0.1) is 0 Å². The van der Waals surface area contributed by atoms with Crippen LogP contribution in [-0.2, 0) is 0 Å². The van der Waals surface area contributed by atoms with Crippen LogP contribution in [0.2, 0.25) is 0 Å². The van der Waals surface area contributed by atoms with E-state index >= 15 is 0 Å². The van der Waals surface area contributed by atoms with E-state index in [1.54, 1.807) is 0 Å². The van der Waals surface area contributed by atoms with Gasteiger partial charge in [0, 0.05) is 19.0 Å². The predicted octanol–water partition coefficient (Wildman–Crippen LogP) is 3.77. The van der Waals surface area contributed by atoms with Crippen molar-refractivity contribution in [2.75, 3.05) is 24.2 Å². The molecule has 112 valence electrons. The van der Waals surface area contributed by atoms with E-state index in [4.69, 9.17) is 0 Å². The molecule has 1 fully saturated rings. The zero-order chi connectivity index (χ0) is 15.3. The molecule has 0 aliphatic heterocycles. The van der Waals surface area contributed by atoms with Gasteiger partial charge in [-0.1, -0.05) is 39.8 Å². The third kappa shape index (κ3) is 2.13. The standard InChI is InChI=1S/C17H24N4/c1-16(2)13(17(16,3)4)10-19-14-11-8-6-7-9-12(11)20-15(18-5)21-14/h6-9,13H,10H2,1-5H3,(H2,18,19,20,21). The molecule has 1 heterocycles. The van der Waals surface area contributed by atoms with Gasteiger partial charge in [-0.3, -0.25) is 0 Å². The van der Waals surface area contributed by atoms with Gasteiger partial charge >= 0.3 is 0 Å². The fourth-order valence-corrected chi connectivity index (χ4v) is 3.37. The number of nitrogens with zero attached hydrogens (tertiary/aromatic N) is 2. The van der Waals surface area contributed by atoms with Gasteiger partial charge < -0.3 is 10.6 Å². The zero-order valence-corrected chi connectivity index (χ0v) is 13.5. The molecule has 0 saturated heterocycles. The molecule has 1 aromatic carbocycles. The molecule has 1 aliphatic rings. The molecular formula is C17H24N4. The minimum absolute atomic E-state index is 0.384. The largest absolute Gasteiger partial charge is 0.369 e. The summed E-state index contributed by atoms with van der Waals surface area (Å²) in [6.45, 7) is 10.3. The highest BCUT2D eigenvalue weighted by molar-refractivity contribution is 5.90. The molecule has 1 aliphatic carbocycles. The summed E-state index contributed by atoms with van der Waals surface area (Å²) in [7, 11) is 1.85. The van der Waals surface area contributed by atoms with Crippen molar-refractivity contribution in [1.82, 2.24) is 9.97 Å². The van der Waals surface area contributed by atoms with Crippen LogP contribution in [0, 0.1) is 16.7 Å². The van der Waals surface area contributed by atoms with Gasteiger partial charge in [-0.2, -0.15) is 4.98 Å². The van der Waals surface area contributed by atoms with Gasteiger partial charge in [-0.05, 0) is 28.9 Å². The van der Waals surface area contributed by atoms with Crippen molar-refractivity contribution in [3.05, 3.63) is 24.3 Å². The fourth-order valence-electron chi connectivity index (χ4n) is 3.37. The van der Waals surface area contributed by atoms with Crippen LogP contribution in [0.4, 0.5) is 11.8 Å². The number of rotatable bonds is 4. The molecule has 1 saturated carbocycles. The molecule has 0 atom stereocenters. The third-order valence-corrected chi connectivity index (χ3v) is 5.62. The van der Waals surface area contributed by atoms with Crippen LogP contribution in [-0.4, -0.2) is 23.6 Å². The lowest BCUT2D eigenvalue weighted by molar-refractivity contribution is 0.457. The zero-order valence-electron chi connectivity index (χ0n) is 13.5. The average molecular weight is 284 g/mol. The molecular weight excluding hydrogens is 260 g/mol. The van der Waals surface area contributed by atoms with Crippen LogP contribution < -0.4 is 10.6 Å². The predicted molar refractivity (Wildman–Crippen MR) is 88.6 cm³/mol. The van der Waals surface area contributed by atoms with Crippen LogP contribution >= 0.6 is 0 Å². The monoisotopic (exact) mass is 284 g/mol. The molecule has 0 spiro atoms. The van der Waals surface area contributed by atoms with Crippen molar-refractivity contribution in [3.8, 4) is 0 Å². The lowest BCUT2D eigenvalue weighted by Gasteiger charge is -2.11. The van der Waals surface area contributed by atoms with Gasteiger partial charge in [0.15, 0.2) is 0 Å². The second kappa shape index (κ2) is 4.58. The van der Waals surface area contributed by atoms with Gasteiger partial charge in [0.1, 0.15) is 5.82 Å². The third-order valence-electron chi connectivity index (χ3n) is 5.62. The Morgan fingerprint density at radius 2 is 1.71 bits per heavy atom. The van der Waals surface area contributed by atoms with Crippen molar-refractivity contribution < 1.29 is 0 Å². The maximum Gasteiger partial charge on any atom is 0.224 e. The topological polar surface area (TPSA) is 49.8 Å². The molecule has 21 heavy (non-hydrogen) atoms. The maximum atomic E-state index is 4.58. The SMILES string of the molecule is CNc1nc(NCC2C(C)(C)C2(C)C)c2ccccc2n1. The molecule has 0 bridgehead atoms. The van der Waals surface area contributed by atoms with Crippen molar-refractivity contribution in [1.29, 1.82) is 0 Å². The normalized spacial score (nSPS) is 19.5. The first-order chi connectivity index (χ1) is 9.88. The number of aromatic nitrogens is 2. The smallest absolute Gasteiger partial charge is 0.224 e. The summed E-state index contributed by atoms with van der Waals surface area (Å²) in [5.41, 5.74) is 1.73. The maximum absolute atomic E-state index is 4.58. The summed E-state index contributed by atoms with van der Waals surface area (Å²) >= 11 is 0. The Morgan fingerprint density at radius 1 is 1.05 bits per heavy atom. The lowest BCUT2D eigenvalue weighted by atomic mass is 10.0. The lowest BCUT2D eigenvalue weighted by Crippen LogP contribution is -2.11. The van der Waals surface area contributed by atoms with E-state index in [1.165, 1.54) is 0 Å². The van der Waals surface area contributed by atoms with Crippen molar-refractivity contribution in [2.45, 2.75) is 27.7 Å². The van der Waals surface area contributed by atoms with Crippen LogP contribution in [0.3, 0.4) is 0 Å². The number of benzene rings is 1. The van der Waals surface area contributed by atoms with Crippen LogP contribution in [0.1, 0.15) is 27.7 Å². The second-order valence-corrected chi connectivity index (χ2v) is 7.04. The molecule has 2 N–H and O–H groups in total. The first-order valence-corrected chi connectivity index (χ1v) is 7.56. The Bertz CT molecular complexity index is 662. The number of para-hydroxylation sites is 1. The van der Waals surface area contributed by atoms with E-state index in [-0.39, 0.29) is 0 Å². The van der Waals surface area contributed by atoms with Gasteiger partial charge in [-0.25, -0.2) is 4.98 Å². The number of fused-ring (bicyclic) bond motifs is 1. The van der Waals surface area contributed by atoms with E-state index in [2.05, 4.69) is 54.4 Å². The second-order valence-electron chi connectivity index (χ2n) is 7.04. The minimum atomic E-state index is 0.384. The van der Waals surface area contributed by atoms with E-state index in [0.29, 0.717) is 22.7 Å². The highest BCUT2D eigenvalue weighted by atomic mass is 15.1. The average Bonchev–Trinajstić information content (AvgIpc) is 2.85. The number of hydrogen-bond acceptors (Lipinski definition) is 4. The Kier molecular flexibility index (Phi) is 3.08. The quantitative estimate of drug-likeness (QED) is 0.897.